The minimum Gasteiger partial charge on any atom is -0.335 e. The number of anilines is 1. The van der Waals surface area contributed by atoms with Gasteiger partial charge in [0.15, 0.2) is 0 Å². The predicted octanol–water partition coefficient (Wildman–Crippen LogP) is 3.99. The molecule has 2 aliphatic heterocycles. The van der Waals surface area contributed by atoms with Crippen LogP contribution >= 0.6 is 0 Å². The fourth-order valence-electron chi connectivity index (χ4n) is 4.68. The molecule has 2 aromatic rings. The highest BCUT2D eigenvalue weighted by molar-refractivity contribution is 5.90. The highest BCUT2D eigenvalue weighted by atomic mass is 16.2. The van der Waals surface area contributed by atoms with Gasteiger partial charge in [-0.25, -0.2) is 4.79 Å². The molecular weight excluding hydrogens is 350 g/mol. The Bertz CT molecular complexity index is 896. The number of urea groups is 1. The highest BCUT2D eigenvalue weighted by Gasteiger charge is 2.49. The van der Waals surface area contributed by atoms with Crippen LogP contribution in [0.25, 0.3) is 0 Å². The third-order valence-corrected chi connectivity index (χ3v) is 6.13. The minimum atomic E-state index is -0.0516. The molecule has 5 nitrogen and oxygen atoms in total. The summed E-state index contributed by atoms with van der Waals surface area (Å²) < 4.78 is 0. The number of likely N-dealkylation sites (tertiary alicyclic amines) is 2. The molecule has 5 heteroatoms. The summed E-state index contributed by atoms with van der Waals surface area (Å²) in [5.74, 6) is 0.698. The summed E-state index contributed by atoms with van der Waals surface area (Å²) >= 11 is 0. The molecule has 0 aromatic heterocycles. The van der Waals surface area contributed by atoms with Crippen LogP contribution < -0.4 is 5.32 Å². The molecular formula is C23H27N3O2. The van der Waals surface area contributed by atoms with E-state index < -0.39 is 0 Å². The van der Waals surface area contributed by atoms with Gasteiger partial charge >= 0.3 is 6.03 Å². The Morgan fingerprint density at radius 3 is 2.46 bits per heavy atom. The van der Waals surface area contributed by atoms with Gasteiger partial charge in [0.25, 0.3) is 0 Å². The first-order valence-corrected chi connectivity index (χ1v) is 9.89. The summed E-state index contributed by atoms with van der Waals surface area (Å²) in [6, 6.07) is 16.3. The van der Waals surface area contributed by atoms with Crippen LogP contribution in [0.4, 0.5) is 10.5 Å². The van der Waals surface area contributed by atoms with E-state index in [9.17, 15) is 9.59 Å². The van der Waals surface area contributed by atoms with Gasteiger partial charge in [0, 0.05) is 44.1 Å². The number of aryl methyl sites for hydroxylation is 2. The highest BCUT2D eigenvalue weighted by Crippen LogP contribution is 2.45. The molecule has 2 saturated heterocycles. The van der Waals surface area contributed by atoms with Gasteiger partial charge in [0.05, 0.1) is 6.04 Å². The Morgan fingerprint density at radius 2 is 1.75 bits per heavy atom. The average molecular weight is 377 g/mol. The predicted molar refractivity (Wildman–Crippen MR) is 110 cm³/mol. The fourth-order valence-corrected chi connectivity index (χ4v) is 4.68. The van der Waals surface area contributed by atoms with Crippen molar-refractivity contribution in [3.05, 3.63) is 65.2 Å². The van der Waals surface area contributed by atoms with Gasteiger partial charge in [0.1, 0.15) is 0 Å². The number of carbonyl (C=O) groups is 2. The molecule has 0 bridgehead atoms. The molecule has 2 fully saturated rings. The number of nitrogens with zero attached hydrogens (tertiary/aromatic N) is 2. The average Bonchev–Trinajstić information content (AvgIpc) is 3.23. The van der Waals surface area contributed by atoms with Crippen molar-refractivity contribution in [1.82, 2.24) is 9.80 Å². The van der Waals surface area contributed by atoms with Gasteiger partial charge < -0.3 is 15.1 Å². The molecule has 0 saturated carbocycles. The van der Waals surface area contributed by atoms with Gasteiger partial charge in [-0.1, -0.05) is 42.5 Å². The van der Waals surface area contributed by atoms with Crippen molar-refractivity contribution in [3.63, 3.8) is 0 Å². The summed E-state index contributed by atoms with van der Waals surface area (Å²) in [6.07, 6.45) is 0. The van der Waals surface area contributed by atoms with Gasteiger partial charge in [-0.15, -0.1) is 0 Å². The van der Waals surface area contributed by atoms with E-state index >= 15 is 0 Å². The second kappa shape index (κ2) is 7.30. The topological polar surface area (TPSA) is 52.7 Å². The maximum absolute atomic E-state index is 12.9. The third-order valence-electron chi connectivity index (χ3n) is 6.13. The molecule has 0 aliphatic carbocycles. The Hall–Kier alpha value is -2.82. The van der Waals surface area contributed by atoms with Gasteiger partial charge in [-0.05, 0) is 36.6 Å². The van der Waals surface area contributed by atoms with Crippen LogP contribution in [0, 0.1) is 25.7 Å². The molecule has 1 N–H and O–H groups in total. The van der Waals surface area contributed by atoms with Crippen LogP contribution in [0.2, 0.25) is 0 Å². The van der Waals surface area contributed by atoms with E-state index in [0.29, 0.717) is 25.6 Å². The van der Waals surface area contributed by atoms with Crippen LogP contribution in [0.3, 0.4) is 0 Å². The zero-order valence-corrected chi connectivity index (χ0v) is 16.7. The number of amides is 3. The Kier molecular flexibility index (Phi) is 4.84. The van der Waals surface area contributed by atoms with Crippen molar-refractivity contribution in [2.45, 2.75) is 26.8 Å². The molecule has 0 unspecified atom stereocenters. The number of hydrogen-bond donors (Lipinski definition) is 1. The standard InChI is InChI=1S/C23H27N3O2/c1-15-9-10-16(2)21(11-15)24-23(28)25-12-19-13-26(17(3)27)22(20(19)14-25)18-7-5-4-6-8-18/h4-11,19-20,22H,12-14H2,1-3H3,(H,24,28)/t19-,20-,22+/m1/s1. The van der Waals surface area contributed by atoms with Crippen molar-refractivity contribution in [3.8, 4) is 0 Å². The van der Waals surface area contributed by atoms with E-state index in [1.165, 1.54) is 0 Å². The zero-order chi connectivity index (χ0) is 19.8. The monoisotopic (exact) mass is 377 g/mol. The number of rotatable bonds is 2. The molecule has 2 aliphatic rings. The summed E-state index contributed by atoms with van der Waals surface area (Å²) in [7, 11) is 0. The van der Waals surface area contributed by atoms with Crippen molar-refractivity contribution in [1.29, 1.82) is 0 Å². The SMILES string of the molecule is CC(=O)N1C[C@H]2CN(C(=O)Nc3cc(C)ccc3C)C[C@H]2[C@@H]1c1ccccc1. The Labute approximate surface area is 166 Å². The molecule has 4 rings (SSSR count). The van der Waals surface area contributed by atoms with Crippen molar-refractivity contribution in [2.24, 2.45) is 11.8 Å². The second-order valence-electron chi connectivity index (χ2n) is 8.10. The number of carbonyl (C=O) groups excluding carboxylic acids is 2. The first-order valence-electron chi connectivity index (χ1n) is 9.89. The van der Waals surface area contributed by atoms with Gasteiger partial charge in [-0.3, -0.25) is 4.79 Å². The van der Waals surface area contributed by atoms with Crippen molar-refractivity contribution < 1.29 is 9.59 Å². The molecule has 2 aromatic carbocycles. The number of fused-ring (bicyclic) bond motifs is 1. The lowest BCUT2D eigenvalue weighted by molar-refractivity contribution is -0.130. The van der Waals surface area contributed by atoms with E-state index in [0.717, 1.165) is 22.4 Å². The molecule has 2 heterocycles. The quantitative estimate of drug-likeness (QED) is 0.860. The molecule has 146 valence electrons. The van der Waals surface area contributed by atoms with E-state index in [-0.39, 0.29) is 23.9 Å². The Morgan fingerprint density at radius 1 is 1.00 bits per heavy atom. The molecule has 0 spiro atoms. The van der Waals surface area contributed by atoms with Gasteiger partial charge in [0.2, 0.25) is 5.91 Å². The lowest BCUT2D eigenvalue weighted by atomic mass is 9.89. The summed E-state index contributed by atoms with van der Waals surface area (Å²) in [5, 5.41) is 3.08. The molecule has 3 amide bonds. The van der Waals surface area contributed by atoms with E-state index in [1.807, 2.05) is 60.0 Å². The zero-order valence-electron chi connectivity index (χ0n) is 16.7. The maximum atomic E-state index is 12.9. The van der Waals surface area contributed by atoms with Crippen LogP contribution in [-0.2, 0) is 4.79 Å². The van der Waals surface area contributed by atoms with Crippen LogP contribution in [0.15, 0.2) is 48.5 Å². The molecule has 0 radical (unpaired) electrons. The molecule has 28 heavy (non-hydrogen) atoms. The minimum absolute atomic E-state index is 0.0437. The number of nitrogens with one attached hydrogen (secondary N) is 1. The first-order chi connectivity index (χ1) is 13.4. The third kappa shape index (κ3) is 3.37. The fraction of sp³-hybridized carbons (Fsp3) is 0.391. The number of hydrogen-bond acceptors (Lipinski definition) is 2. The van der Waals surface area contributed by atoms with Gasteiger partial charge in [-0.2, -0.15) is 0 Å². The lowest BCUT2D eigenvalue weighted by Gasteiger charge is -2.29. The van der Waals surface area contributed by atoms with Crippen LogP contribution in [0.1, 0.15) is 29.7 Å². The normalized spacial score (nSPS) is 23.6. The second-order valence-corrected chi connectivity index (χ2v) is 8.10. The van der Waals surface area contributed by atoms with Crippen LogP contribution in [0.5, 0.6) is 0 Å². The molecule has 3 atom stereocenters. The Balaban J connectivity index is 1.52. The smallest absolute Gasteiger partial charge is 0.321 e. The largest absolute Gasteiger partial charge is 0.335 e. The van der Waals surface area contributed by atoms with Crippen molar-refractivity contribution in [2.75, 3.05) is 25.0 Å². The lowest BCUT2D eigenvalue weighted by Crippen LogP contribution is -2.38. The number of benzene rings is 2. The van der Waals surface area contributed by atoms with E-state index in [4.69, 9.17) is 0 Å². The van der Waals surface area contributed by atoms with Crippen LogP contribution in [-0.4, -0.2) is 41.4 Å². The van der Waals surface area contributed by atoms with E-state index in [1.54, 1.807) is 6.92 Å². The summed E-state index contributed by atoms with van der Waals surface area (Å²) in [6.45, 7) is 7.74. The maximum Gasteiger partial charge on any atom is 0.321 e. The van der Waals surface area contributed by atoms with E-state index in [2.05, 4.69) is 17.4 Å². The summed E-state index contributed by atoms with van der Waals surface area (Å²) in [4.78, 5) is 29.0. The van der Waals surface area contributed by atoms with Crippen molar-refractivity contribution >= 4 is 17.6 Å². The summed E-state index contributed by atoms with van der Waals surface area (Å²) in [5.41, 5.74) is 4.21. The first kappa shape index (κ1) is 18.5.